The first-order valence-electron chi connectivity index (χ1n) is 7.97. The van der Waals surface area contributed by atoms with Gasteiger partial charge in [0.1, 0.15) is 6.61 Å². The Morgan fingerprint density at radius 1 is 0.880 bits per heavy atom. The first-order chi connectivity index (χ1) is 12.3. The first kappa shape index (κ1) is 16.6. The van der Waals surface area contributed by atoms with Gasteiger partial charge >= 0.3 is 0 Å². The third-order valence-electron chi connectivity index (χ3n) is 3.69. The van der Waals surface area contributed by atoms with Gasteiger partial charge < -0.3 is 14.8 Å². The zero-order valence-electron chi connectivity index (χ0n) is 13.9. The summed E-state index contributed by atoms with van der Waals surface area (Å²) in [4.78, 5) is 12.4. The Kier molecular flexibility index (Phi) is 5.32. The zero-order valence-corrected chi connectivity index (χ0v) is 13.9. The Labute approximate surface area is 147 Å². The maximum absolute atomic E-state index is 12.4. The maximum atomic E-state index is 12.4. The number of nitrogens with one attached hydrogen (secondary N) is 1. The van der Waals surface area contributed by atoms with E-state index in [9.17, 15) is 4.79 Å². The Morgan fingerprint density at radius 2 is 1.56 bits per heavy atom. The summed E-state index contributed by atoms with van der Waals surface area (Å²) in [7, 11) is 1.56. The van der Waals surface area contributed by atoms with Crippen molar-refractivity contribution in [1.29, 1.82) is 0 Å². The van der Waals surface area contributed by atoms with Crippen LogP contribution < -0.4 is 14.8 Å². The average molecular weight is 333 g/mol. The molecule has 4 heteroatoms. The lowest BCUT2D eigenvalue weighted by Gasteiger charge is -2.12. The highest BCUT2D eigenvalue weighted by molar-refractivity contribution is 6.04. The van der Waals surface area contributed by atoms with Gasteiger partial charge in [0.05, 0.1) is 7.11 Å². The van der Waals surface area contributed by atoms with Gasteiger partial charge in [-0.3, -0.25) is 4.79 Å². The SMILES string of the molecule is COc1cc(C(=O)Nc2ccccc2)ccc1OCc1ccccc1. The van der Waals surface area contributed by atoms with E-state index in [0.717, 1.165) is 11.3 Å². The highest BCUT2D eigenvalue weighted by Crippen LogP contribution is 2.29. The van der Waals surface area contributed by atoms with Crippen LogP contribution in [-0.4, -0.2) is 13.0 Å². The molecule has 0 unspecified atom stereocenters. The lowest BCUT2D eigenvalue weighted by atomic mass is 10.1. The number of rotatable bonds is 6. The number of anilines is 1. The number of ether oxygens (including phenoxy) is 2. The number of benzene rings is 3. The van der Waals surface area contributed by atoms with Crippen LogP contribution in [0.4, 0.5) is 5.69 Å². The molecule has 1 N–H and O–H groups in total. The van der Waals surface area contributed by atoms with E-state index >= 15 is 0 Å². The van der Waals surface area contributed by atoms with E-state index in [4.69, 9.17) is 9.47 Å². The van der Waals surface area contributed by atoms with Gasteiger partial charge in [-0.1, -0.05) is 48.5 Å². The molecule has 3 aromatic rings. The van der Waals surface area contributed by atoms with Gasteiger partial charge in [-0.15, -0.1) is 0 Å². The predicted molar refractivity (Wildman–Crippen MR) is 98.2 cm³/mol. The molecule has 0 aliphatic rings. The summed E-state index contributed by atoms with van der Waals surface area (Å²) in [5.74, 6) is 0.929. The number of methoxy groups -OCH3 is 1. The van der Waals surface area contributed by atoms with E-state index in [0.29, 0.717) is 23.7 Å². The molecule has 0 heterocycles. The van der Waals surface area contributed by atoms with Gasteiger partial charge in [-0.2, -0.15) is 0 Å². The minimum absolute atomic E-state index is 0.195. The van der Waals surface area contributed by atoms with Gasteiger partial charge in [0.2, 0.25) is 0 Å². The molecule has 3 rings (SSSR count). The minimum Gasteiger partial charge on any atom is -0.493 e. The summed E-state index contributed by atoms with van der Waals surface area (Å²) in [6.45, 7) is 0.437. The van der Waals surface area contributed by atoms with E-state index in [2.05, 4.69) is 5.32 Å². The van der Waals surface area contributed by atoms with E-state index < -0.39 is 0 Å². The summed E-state index contributed by atoms with van der Waals surface area (Å²) >= 11 is 0. The van der Waals surface area contributed by atoms with Crippen molar-refractivity contribution >= 4 is 11.6 Å². The topological polar surface area (TPSA) is 47.6 Å². The molecule has 0 aliphatic heterocycles. The van der Waals surface area contributed by atoms with Crippen molar-refractivity contribution in [2.24, 2.45) is 0 Å². The van der Waals surface area contributed by atoms with Gasteiger partial charge in [0, 0.05) is 11.3 Å². The fraction of sp³-hybridized carbons (Fsp3) is 0.0952. The molecule has 0 bridgehead atoms. The molecule has 0 atom stereocenters. The molecule has 25 heavy (non-hydrogen) atoms. The molecule has 0 aromatic heterocycles. The standard InChI is InChI=1S/C21H19NO3/c1-24-20-14-17(21(23)22-18-10-6-3-7-11-18)12-13-19(20)25-15-16-8-4-2-5-9-16/h2-14H,15H2,1H3,(H,22,23). The molecule has 0 spiro atoms. The summed E-state index contributed by atoms with van der Waals surface area (Å²) in [6.07, 6.45) is 0. The lowest BCUT2D eigenvalue weighted by molar-refractivity contribution is 0.102. The van der Waals surface area contributed by atoms with Crippen molar-refractivity contribution in [2.45, 2.75) is 6.61 Å². The second-order valence-corrected chi connectivity index (χ2v) is 5.46. The third kappa shape index (κ3) is 4.38. The molecule has 0 radical (unpaired) electrons. The number of hydrogen-bond donors (Lipinski definition) is 1. The molecular weight excluding hydrogens is 314 g/mol. The highest BCUT2D eigenvalue weighted by atomic mass is 16.5. The summed E-state index contributed by atoms with van der Waals surface area (Å²) in [5.41, 5.74) is 2.32. The second-order valence-electron chi connectivity index (χ2n) is 5.46. The van der Waals surface area contributed by atoms with Gasteiger partial charge in [0.15, 0.2) is 11.5 Å². The predicted octanol–water partition coefficient (Wildman–Crippen LogP) is 4.53. The maximum Gasteiger partial charge on any atom is 0.255 e. The van der Waals surface area contributed by atoms with Crippen LogP contribution in [-0.2, 0) is 6.61 Å². The van der Waals surface area contributed by atoms with Crippen molar-refractivity contribution in [3.8, 4) is 11.5 Å². The molecule has 126 valence electrons. The number of para-hydroxylation sites is 1. The van der Waals surface area contributed by atoms with Crippen LogP contribution in [0.2, 0.25) is 0 Å². The number of carbonyl (C=O) groups is 1. The first-order valence-corrected chi connectivity index (χ1v) is 7.97. The van der Waals surface area contributed by atoms with Crippen LogP contribution in [0.5, 0.6) is 11.5 Å². The normalized spacial score (nSPS) is 10.1. The van der Waals surface area contributed by atoms with E-state index in [1.165, 1.54) is 0 Å². The molecule has 3 aromatic carbocycles. The van der Waals surface area contributed by atoms with Gasteiger partial charge in [-0.25, -0.2) is 0 Å². The number of carbonyl (C=O) groups excluding carboxylic acids is 1. The summed E-state index contributed by atoms with van der Waals surface area (Å²) in [6, 6.07) is 24.4. The van der Waals surface area contributed by atoms with Crippen molar-refractivity contribution in [3.05, 3.63) is 90.0 Å². The average Bonchev–Trinajstić information content (AvgIpc) is 2.67. The van der Waals surface area contributed by atoms with Gasteiger partial charge in [0.25, 0.3) is 5.91 Å². The van der Waals surface area contributed by atoms with Gasteiger partial charge in [-0.05, 0) is 35.9 Å². The monoisotopic (exact) mass is 333 g/mol. The quantitative estimate of drug-likeness (QED) is 0.721. The summed E-state index contributed by atoms with van der Waals surface area (Å²) < 4.78 is 11.2. The van der Waals surface area contributed by atoms with Crippen molar-refractivity contribution in [3.63, 3.8) is 0 Å². The van der Waals surface area contributed by atoms with Crippen LogP contribution in [0.25, 0.3) is 0 Å². The summed E-state index contributed by atoms with van der Waals surface area (Å²) in [5, 5.41) is 2.85. The molecule has 0 saturated heterocycles. The molecule has 0 aliphatic carbocycles. The second kappa shape index (κ2) is 8.02. The van der Waals surface area contributed by atoms with Crippen molar-refractivity contribution < 1.29 is 14.3 Å². The molecule has 0 fully saturated rings. The third-order valence-corrected chi connectivity index (χ3v) is 3.69. The van der Waals surface area contributed by atoms with Crippen molar-refractivity contribution in [2.75, 3.05) is 12.4 Å². The van der Waals surface area contributed by atoms with E-state index in [1.807, 2.05) is 60.7 Å². The smallest absolute Gasteiger partial charge is 0.255 e. The molecular formula is C21H19NO3. The molecule has 4 nitrogen and oxygen atoms in total. The van der Waals surface area contributed by atoms with Crippen LogP contribution >= 0.6 is 0 Å². The van der Waals surface area contributed by atoms with Crippen LogP contribution in [0.1, 0.15) is 15.9 Å². The largest absolute Gasteiger partial charge is 0.493 e. The van der Waals surface area contributed by atoms with Crippen LogP contribution in [0.15, 0.2) is 78.9 Å². The van der Waals surface area contributed by atoms with E-state index in [-0.39, 0.29) is 5.91 Å². The van der Waals surface area contributed by atoms with Crippen molar-refractivity contribution in [1.82, 2.24) is 0 Å². The Balaban J connectivity index is 1.71. The Morgan fingerprint density at radius 3 is 2.24 bits per heavy atom. The molecule has 0 saturated carbocycles. The van der Waals surface area contributed by atoms with Crippen LogP contribution in [0.3, 0.4) is 0 Å². The Hall–Kier alpha value is -3.27. The minimum atomic E-state index is -0.195. The van der Waals surface area contributed by atoms with E-state index in [1.54, 1.807) is 25.3 Å². The number of hydrogen-bond acceptors (Lipinski definition) is 3. The fourth-order valence-corrected chi connectivity index (χ4v) is 2.39. The molecule has 1 amide bonds. The highest BCUT2D eigenvalue weighted by Gasteiger charge is 2.11. The fourth-order valence-electron chi connectivity index (χ4n) is 2.39. The zero-order chi connectivity index (χ0) is 17.5. The Bertz CT molecular complexity index is 832. The lowest BCUT2D eigenvalue weighted by Crippen LogP contribution is -2.12. The van der Waals surface area contributed by atoms with Crippen LogP contribution in [0, 0.1) is 0 Å². The number of amides is 1.